The Morgan fingerprint density at radius 1 is 0.829 bits per heavy atom. The molecule has 0 aliphatic carbocycles. The summed E-state index contributed by atoms with van der Waals surface area (Å²) < 4.78 is 54.5. The topological polar surface area (TPSA) is 71.5 Å². The smallest absolute Gasteiger partial charge is 0.218 e. The Kier molecular flexibility index (Phi) is 8.86. The quantitative estimate of drug-likeness (QED) is 0.320. The number of aryl methyl sites for hydroxylation is 1. The zero-order valence-corrected chi connectivity index (χ0v) is 21.3. The molecule has 0 aliphatic heterocycles. The molecule has 3 rings (SSSR count). The molecule has 0 saturated heterocycles. The molecule has 0 unspecified atom stereocenters. The zero-order valence-electron chi connectivity index (χ0n) is 19.7. The van der Waals surface area contributed by atoms with E-state index in [1.54, 1.807) is 49.4 Å². The summed E-state index contributed by atoms with van der Waals surface area (Å²) in [5.41, 5.74) is 4.51. The average molecular weight is 506 g/mol. The molecular weight excluding hydrogens is 478 g/mol. The lowest BCUT2D eigenvalue weighted by molar-refractivity contribution is 0.450. The Morgan fingerprint density at radius 3 is 2.03 bits per heavy atom. The van der Waals surface area contributed by atoms with E-state index in [9.17, 15) is 16.8 Å². The van der Waals surface area contributed by atoms with Crippen molar-refractivity contribution in [3.63, 3.8) is 0 Å². The fourth-order valence-corrected chi connectivity index (χ4v) is 6.09. The maximum Gasteiger partial charge on any atom is 0.243 e. The molecule has 0 aromatic heterocycles. The van der Waals surface area contributed by atoms with Gasteiger partial charge in [0, 0.05) is 18.5 Å². The number of rotatable bonds is 8. The second-order valence-electron chi connectivity index (χ2n) is 7.74. The predicted octanol–water partition coefficient (Wildman–Crippen LogP) is 4.96. The molecule has 3 aromatic rings. The van der Waals surface area contributed by atoms with E-state index < -0.39 is 19.9 Å². The zero-order chi connectivity index (χ0) is 25.3. The molecule has 35 heavy (non-hydrogen) atoms. The minimum atomic E-state index is -3.91. The Balaban J connectivity index is 1.93. The molecule has 0 N–H and O–H groups in total. The van der Waals surface area contributed by atoms with Crippen LogP contribution in [0.3, 0.4) is 0 Å². The third-order valence-corrected chi connectivity index (χ3v) is 8.92. The molecule has 0 fully saturated rings. The fourth-order valence-electron chi connectivity index (χ4n) is 3.31. The van der Waals surface area contributed by atoms with Crippen molar-refractivity contribution in [2.45, 2.75) is 30.1 Å². The van der Waals surface area contributed by atoms with Crippen LogP contribution < -0.4 is 0 Å². The summed E-state index contributed by atoms with van der Waals surface area (Å²) >= 11 is 0. The average Bonchev–Trinajstić information content (AvgIpc) is 2.86. The van der Waals surface area contributed by atoms with Crippen molar-refractivity contribution in [2.24, 2.45) is 0 Å². The van der Waals surface area contributed by atoms with Gasteiger partial charge in [0.2, 0.25) is 19.9 Å². The van der Waals surface area contributed by atoms with Gasteiger partial charge in [-0.1, -0.05) is 65.9 Å². The van der Waals surface area contributed by atoms with Gasteiger partial charge < -0.3 is 0 Å². The Hall–Kier alpha value is -3.40. The third kappa shape index (κ3) is 6.82. The molecule has 5 nitrogen and oxygen atoms in total. The van der Waals surface area contributed by atoms with E-state index in [1.165, 1.54) is 22.5 Å². The highest BCUT2D eigenvalue weighted by Crippen LogP contribution is 2.23. The minimum Gasteiger partial charge on any atom is -0.218 e. The van der Waals surface area contributed by atoms with Gasteiger partial charge in [-0.15, -0.1) is 5.73 Å². The second-order valence-corrected chi connectivity index (χ2v) is 11.7. The van der Waals surface area contributed by atoms with Gasteiger partial charge in [-0.05, 0) is 56.3 Å². The molecule has 0 atom stereocenters. The molecule has 180 valence electrons. The van der Waals surface area contributed by atoms with Gasteiger partial charge >= 0.3 is 0 Å². The van der Waals surface area contributed by atoms with Crippen LogP contribution >= 0.6 is 0 Å². The van der Waals surface area contributed by atoms with Crippen molar-refractivity contribution in [1.82, 2.24) is 4.31 Å². The monoisotopic (exact) mass is 505 g/mol. The molecule has 0 amide bonds. The van der Waals surface area contributed by atoms with E-state index in [1.807, 2.05) is 37.3 Å². The summed E-state index contributed by atoms with van der Waals surface area (Å²) in [7, 11) is -7.73. The lowest BCUT2D eigenvalue weighted by atomic mass is 10.2. The first-order valence-electron chi connectivity index (χ1n) is 11.1. The van der Waals surface area contributed by atoms with Gasteiger partial charge in [0.05, 0.1) is 21.2 Å². The van der Waals surface area contributed by atoms with Crippen molar-refractivity contribution in [3.8, 4) is 11.8 Å². The molecule has 7 heteroatoms. The number of sulfonamides is 1. The van der Waals surface area contributed by atoms with Gasteiger partial charge in [-0.25, -0.2) is 16.8 Å². The summed E-state index contributed by atoms with van der Waals surface area (Å²) in [6.45, 7) is 3.40. The highest BCUT2D eigenvalue weighted by molar-refractivity contribution is 7.95. The molecule has 0 bridgehead atoms. The van der Waals surface area contributed by atoms with Crippen molar-refractivity contribution in [1.29, 1.82) is 0 Å². The number of benzene rings is 3. The predicted molar refractivity (Wildman–Crippen MR) is 139 cm³/mol. The van der Waals surface area contributed by atoms with Gasteiger partial charge in [-0.3, -0.25) is 0 Å². The molecule has 0 spiro atoms. The molecule has 0 saturated carbocycles. The van der Waals surface area contributed by atoms with Crippen molar-refractivity contribution in [2.75, 3.05) is 13.1 Å². The van der Waals surface area contributed by atoms with E-state index in [4.69, 9.17) is 0 Å². The van der Waals surface area contributed by atoms with Crippen molar-refractivity contribution >= 4 is 19.9 Å². The maximum atomic E-state index is 13.4. The van der Waals surface area contributed by atoms with Crippen LogP contribution in [0.2, 0.25) is 0 Å². The van der Waals surface area contributed by atoms with Crippen LogP contribution in [0.4, 0.5) is 0 Å². The highest BCUT2D eigenvalue weighted by Gasteiger charge is 2.27. The van der Waals surface area contributed by atoms with Crippen LogP contribution in [0.1, 0.15) is 24.5 Å². The largest absolute Gasteiger partial charge is 0.243 e. The Labute approximate surface area is 208 Å². The van der Waals surface area contributed by atoms with Gasteiger partial charge in [-0.2, -0.15) is 4.31 Å². The number of hydrogen-bond donors (Lipinski definition) is 0. The molecule has 0 radical (unpaired) electrons. The fraction of sp³-hybridized carbons (Fsp3) is 0.179. The summed E-state index contributed by atoms with van der Waals surface area (Å²) in [5, 5.41) is 0. The van der Waals surface area contributed by atoms with Crippen molar-refractivity contribution in [3.05, 3.63) is 113 Å². The summed E-state index contributed by atoms with van der Waals surface area (Å²) in [4.78, 5) is 0.291. The first-order valence-corrected chi connectivity index (χ1v) is 14.0. The number of nitrogens with zero attached hydrogens (tertiary/aromatic N) is 1. The van der Waals surface area contributed by atoms with E-state index in [0.29, 0.717) is 0 Å². The maximum absolute atomic E-state index is 13.4. The normalized spacial score (nSPS) is 11.3. The van der Waals surface area contributed by atoms with Crippen LogP contribution in [0, 0.1) is 18.8 Å². The van der Waals surface area contributed by atoms with Crippen molar-refractivity contribution < 1.29 is 16.8 Å². The van der Waals surface area contributed by atoms with Crippen LogP contribution in [-0.2, 0) is 19.9 Å². The van der Waals surface area contributed by atoms with Gasteiger partial charge in [0.1, 0.15) is 0 Å². The summed E-state index contributed by atoms with van der Waals surface area (Å²) in [6, 6.07) is 23.9. The molecule has 3 aromatic carbocycles. The SMILES string of the molecule is CC=C=C(CCN(CC#Cc1ccccc1)S(=O)(=O)c1ccc(C)cc1)S(=O)(=O)c1ccccc1. The van der Waals surface area contributed by atoms with E-state index >= 15 is 0 Å². The third-order valence-electron chi connectivity index (χ3n) is 5.19. The van der Waals surface area contributed by atoms with E-state index in [0.717, 1.165) is 11.1 Å². The minimum absolute atomic E-state index is 0.0197. The molecule has 0 heterocycles. The molecule has 0 aliphatic rings. The van der Waals surface area contributed by atoms with E-state index in [-0.39, 0.29) is 34.2 Å². The number of hydrogen-bond acceptors (Lipinski definition) is 4. The first-order chi connectivity index (χ1) is 16.7. The lowest BCUT2D eigenvalue weighted by Gasteiger charge is -2.20. The summed E-state index contributed by atoms with van der Waals surface area (Å²) in [5.74, 6) is 5.90. The van der Waals surface area contributed by atoms with Crippen LogP contribution in [0.25, 0.3) is 0 Å². The lowest BCUT2D eigenvalue weighted by Crippen LogP contribution is -2.33. The number of sulfone groups is 1. The Bertz CT molecular complexity index is 1480. The van der Waals surface area contributed by atoms with Crippen LogP contribution in [0.15, 0.2) is 111 Å². The van der Waals surface area contributed by atoms with Gasteiger partial charge in [0.25, 0.3) is 0 Å². The molecular formula is C28H27NO4S2. The second kappa shape index (κ2) is 11.8. The van der Waals surface area contributed by atoms with Crippen LogP contribution in [-0.4, -0.2) is 34.2 Å². The first kappa shape index (κ1) is 26.2. The Morgan fingerprint density at radius 2 is 1.43 bits per heavy atom. The summed E-state index contributed by atoms with van der Waals surface area (Å²) in [6.07, 6.45) is 1.48. The standard InChI is InChI=1S/C28H27NO4S2/c1-3-11-26(34(30,31)27-15-8-5-9-16-27)21-23-29(22-10-14-25-12-6-4-7-13-25)35(32,33)28-19-17-24(2)18-20-28/h3-9,12-13,15-20H,21-23H2,1-2H3. The highest BCUT2D eigenvalue weighted by atomic mass is 32.2. The van der Waals surface area contributed by atoms with Gasteiger partial charge in [0.15, 0.2) is 0 Å². The van der Waals surface area contributed by atoms with Crippen LogP contribution in [0.5, 0.6) is 0 Å². The van der Waals surface area contributed by atoms with E-state index in [2.05, 4.69) is 17.6 Å².